The Balaban J connectivity index is 1.87. The maximum Gasteiger partial charge on any atom is 0.258 e. The van der Waals surface area contributed by atoms with E-state index in [9.17, 15) is 4.79 Å². The average Bonchev–Trinajstić information content (AvgIpc) is 3.11. The SMILES string of the molecule is CCN(CC)CCn1cc(NC(=O)c2cn[nH]c2)cn1. The number of aromatic nitrogens is 4. The Kier molecular flexibility index (Phi) is 4.89. The van der Waals surface area contributed by atoms with Crippen LogP contribution in [-0.2, 0) is 6.54 Å². The molecule has 0 aromatic carbocycles. The van der Waals surface area contributed by atoms with Crippen LogP contribution < -0.4 is 5.32 Å². The highest BCUT2D eigenvalue weighted by atomic mass is 16.1. The van der Waals surface area contributed by atoms with Crippen molar-refractivity contribution in [2.45, 2.75) is 20.4 Å². The van der Waals surface area contributed by atoms with Crippen LogP contribution in [0.3, 0.4) is 0 Å². The van der Waals surface area contributed by atoms with Crippen molar-refractivity contribution >= 4 is 11.6 Å². The highest BCUT2D eigenvalue weighted by Crippen LogP contribution is 2.07. The molecule has 0 saturated heterocycles. The molecule has 7 nitrogen and oxygen atoms in total. The number of H-pyrrole nitrogens is 1. The third-order valence-corrected chi connectivity index (χ3v) is 3.19. The number of hydrogen-bond donors (Lipinski definition) is 2. The highest BCUT2D eigenvalue weighted by Gasteiger charge is 2.08. The molecule has 2 heterocycles. The first-order valence-electron chi connectivity index (χ1n) is 6.77. The molecule has 0 unspecified atom stereocenters. The monoisotopic (exact) mass is 276 g/mol. The quantitative estimate of drug-likeness (QED) is 0.796. The van der Waals surface area contributed by atoms with Crippen LogP contribution >= 0.6 is 0 Å². The van der Waals surface area contributed by atoms with Gasteiger partial charge in [-0.05, 0) is 13.1 Å². The van der Waals surface area contributed by atoms with Gasteiger partial charge < -0.3 is 10.2 Å². The molecule has 2 aromatic heterocycles. The molecule has 0 aliphatic rings. The van der Waals surface area contributed by atoms with Gasteiger partial charge in [0, 0.05) is 18.9 Å². The molecule has 0 bridgehead atoms. The van der Waals surface area contributed by atoms with Crippen molar-refractivity contribution in [3.05, 3.63) is 30.4 Å². The summed E-state index contributed by atoms with van der Waals surface area (Å²) >= 11 is 0. The summed E-state index contributed by atoms with van der Waals surface area (Å²) in [4.78, 5) is 14.2. The number of nitrogens with zero attached hydrogens (tertiary/aromatic N) is 4. The number of aromatic amines is 1. The summed E-state index contributed by atoms with van der Waals surface area (Å²) in [6, 6.07) is 0. The molecule has 2 N–H and O–H groups in total. The molecule has 0 spiro atoms. The van der Waals surface area contributed by atoms with Crippen molar-refractivity contribution in [2.24, 2.45) is 0 Å². The van der Waals surface area contributed by atoms with Crippen molar-refractivity contribution in [3.63, 3.8) is 0 Å². The van der Waals surface area contributed by atoms with Crippen LogP contribution in [-0.4, -0.2) is 50.4 Å². The lowest BCUT2D eigenvalue weighted by Crippen LogP contribution is -2.27. The second kappa shape index (κ2) is 6.85. The van der Waals surface area contributed by atoms with E-state index in [-0.39, 0.29) is 5.91 Å². The molecule has 0 radical (unpaired) electrons. The Morgan fingerprint density at radius 1 is 1.40 bits per heavy atom. The first-order valence-corrected chi connectivity index (χ1v) is 6.77. The van der Waals surface area contributed by atoms with E-state index < -0.39 is 0 Å². The van der Waals surface area contributed by atoms with E-state index in [1.807, 2.05) is 10.9 Å². The van der Waals surface area contributed by atoms with E-state index >= 15 is 0 Å². The number of hydrogen-bond acceptors (Lipinski definition) is 4. The molecular weight excluding hydrogens is 256 g/mol. The average molecular weight is 276 g/mol. The first-order chi connectivity index (χ1) is 9.72. The van der Waals surface area contributed by atoms with Crippen LogP contribution in [0.15, 0.2) is 24.8 Å². The van der Waals surface area contributed by atoms with Crippen LogP contribution in [0.5, 0.6) is 0 Å². The number of likely N-dealkylation sites (N-methyl/N-ethyl adjacent to an activating group) is 1. The molecule has 1 amide bonds. The van der Waals surface area contributed by atoms with E-state index in [0.717, 1.165) is 26.2 Å². The molecule has 2 rings (SSSR count). The smallest absolute Gasteiger partial charge is 0.258 e. The van der Waals surface area contributed by atoms with Crippen LogP contribution in [0.25, 0.3) is 0 Å². The van der Waals surface area contributed by atoms with Crippen LogP contribution in [0.4, 0.5) is 5.69 Å². The van der Waals surface area contributed by atoms with Gasteiger partial charge in [-0.1, -0.05) is 13.8 Å². The Morgan fingerprint density at radius 2 is 2.20 bits per heavy atom. The molecule has 0 aliphatic carbocycles. The van der Waals surface area contributed by atoms with Gasteiger partial charge in [0.25, 0.3) is 5.91 Å². The Morgan fingerprint density at radius 3 is 2.85 bits per heavy atom. The first kappa shape index (κ1) is 14.3. The van der Waals surface area contributed by atoms with Crippen molar-refractivity contribution < 1.29 is 4.79 Å². The lowest BCUT2D eigenvalue weighted by atomic mass is 10.3. The van der Waals surface area contributed by atoms with Gasteiger partial charge in [0.05, 0.1) is 30.2 Å². The number of carbonyl (C=O) groups is 1. The minimum Gasteiger partial charge on any atom is -0.319 e. The Hall–Kier alpha value is -2.15. The molecule has 7 heteroatoms. The summed E-state index contributed by atoms with van der Waals surface area (Å²) in [7, 11) is 0. The molecular formula is C13H20N6O. The lowest BCUT2D eigenvalue weighted by molar-refractivity contribution is 0.102. The van der Waals surface area contributed by atoms with Gasteiger partial charge >= 0.3 is 0 Å². The standard InChI is InChI=1S/C13H20N6O/c1-3-18(4-2)5-6-19-10-12(9-16-19)17-13(20)11-7-14-15-8-11/h7-10H,3-6H2,1-2H3,(H,14,15)(H,17,20). The summed E-state index contributed by atoms with van der Waals surface area (Å²) in [6.07, 6.45) is 6.53. The highest BCUT2D eigenvalue weighted by molar-refractivity contribution is 6.03. The van der Waals surface area contributed by atoms with E-state index in [0.29, 0.717) is 11.3 Å². The zero-order chi connectivity index (χ0) is 14.4. The number of anilines is 1. The van der Waals surface area contributed by atoms with E-state index in [2.05, 4.69) is 39.4 Å². The van der Waals surface area contributed by atoms with Crippen molar-refractivity contribution in [1.29, 1.82) is 0 Å². The summed E-state index contributed by atoms with van der Waals surface area (Å²) in [5.41, 5.74) is 1.19. The van der Waals surface area contributed by atoms with Crippen molar-refractivity contribution in [2.75, 3.05) is 25.0 Å². The van der Waals surface area contributed by atoms with Gasteiger partial charge in [-0.15, -0.1) is 0 Å². The van der Waals surface area contributed by atoms with Crippen LogP contribution in [0.1, 0.15) is 24.2 Å². The zero-order valence-electron chi connectivity index (χ0n) is 11.8. The summed E-state index contributed by atoms with van der Waals surface area (Å²) in [6.45, 7) is 8.10. The number of rotatable bonds is 7. The Labute approximate surface area is 118 Å². The second-order valence-corrected chi connectivity index (χ2v) is 4.46. The van der Waals surface area contributed by atoms with Gasteiger partial charge in [0.2, 0.25) is 0 Å². The van der Waals surface area contributed by atoms with Crippen molar-refractivity contribution in [3.8, 4) is 0 Å². The molecule has 0 atom stereocenters. The summed E-state index contributed by atoms with van der Waals surface area (Å²) < 4.78 is 1.84. The van der Waals surface area contributed by atoms with Gasteiger partial charge in [0.1, 0.15) is 0 Å². The fourth-order valence-electron chi connectivity index (χ4n) is 1.91. The van der Waals surface area contributed by atoms with Gasteiger partial charge in [-0.25, -0.2) is 0 Å². The predicted molar refractivity (Wildman–Crippen MR) is 76.6 cm³/mol. The lowest BCUT2D eigenvalue weighted by Gasteiger charge is -2.17. The van der Waals surface area contributed by atoms with Crippen LogP contribution in [0, 0.1) is 0 Å². The molecule has 108 valence electrons. The minimum absolute atomic E-state index is 0.193. The maximum absolute atomic E-state index is 11.8. The molecule has 0 saturated carbocycles. The zero-order valence-corrected chi connectivity index (χ0v) is 11.8. The van der Waals surface area contributed by atoms with Crippen molar-refractivity contribution in [1.82, 2.24) is 24.9 Å². The largest absolute Gasteiger partial charge is 0.319 e. The summed E-state index contributed by atoms with van der Waals surface area (Å²) in [5.74, 6) is -0.193. The molecule has 0 fully saturated rings. The molecule has 0 aliphatic heterocycles. The second-order valence-electron chi connectivity index (χ2n) is 4.46. The summed E-state index contributed by atoms with van der Waals surface area (Å²) in [5, 5.41) is 13.4. The van der Waals surface area contributed by atoms with E-state index in [1.54, 1.807) is 12.4 Å². The Bertz CT molecular complexity index is 529. The maximum atomic E-state index is 11.8. The number of carbonyl (C=O) groups excluding carboxylic acids is 1. The van der Waals surface area contributed by atoms with Gasteiger partial charge in [-0.3, -0.25) is 14.6 Å². The topological polar surface area (TPSA) is 78.8 Å². The van der Waals surface area contributed by atoms with Gasteiger partial charge in [-0.2, -0.15) is 10.2 Å². The van der Waals surface area contributed by atoms with E-state index in [4.69, 9.17) is 0 Å². The van der Waals surface area contributed by atoms with E-state index in [1.165, 1.54) is 6.20 Å². The number of amides is 1. The fraction of sp³-hybridized carbons (Fsp3) is 0.462. The normalized spacial score (nSPS) is 10.9. The fourth-order valence-corrected chi connectivity index (χ4v) is 1.91. The van der Waals surface area contributed by atoms with Gasteiger partial charge in [0.15, 0.2) is 0 Å². The molecule has 2 aromatic rings. The third kappa shape index (κ3) is 3.67. The molecule has 20 heavy (non-hydrogen) atoms. The third-order valence-electron chi connectivity index (χ3n) is 3.19. The minimum atomic E-state index is -0.193. The predicted octanol–water partition coefficient (Wildman–Crippen LogP) is 1.20. The number of nitrogens with one attached hydrogen (secondary N) is 2. The van der Waals surface area contributed by atoms with Crippen LogP contribution in [0.2, 0.25) is 0 Å².